The zero-order valence-corrected chi connectivity index (χ0v) is 19.5. The van der Waals surface area contributed by atoms with Gasteiger partial charge >= 0.3 is 5.69 Å². The molecule has 172 valence electrons. The van der Waals surface area contributed by atoms with Crippen molar-refractivity contribution >= 4 is 17.6 Å². The molecule has 3 rings (SSSR count). The van der Waals surface area contributed by atoms with E-state index in [4.69, 9.17) is 0 Å². The third kappa shape index (κ3) is 4.98. The molecule has 2 aromatic rings. The van der Waals surface area contributed by atoms with Gasteiger partial charge in [-0.1, -0.05) is 17.7 Å². The van der Waals surface area contributed by atoms with E-state index in [2.05, 4.69) is 5.10 Å². The number of hydrogen-bond acceptors (Lipinski definition) is 5. The maximum atomic E-state index is 12.7. The Labute approximate surface area is 187 Å². The minimum atomic E-state index is -0.336. The molecule has 0 atom stereocenters. The number of hydrogen-bond donors (Lipinski definition) is 0. The van der Waals surface area contributed by atoms with Crippen molar-refractivity contribution in [3.8, 4) is 0 Å². The number of carbonyl (C=O) groups excluding carboxylic acids is 3. The standard InChI is InChI=1S/C23H31N5O4/c1-15-11-16(2)22(17(3)12-15)18(29)7-6-8-20(30)26-9-10-27-19(13-26)24-28(23(27)32)14-21(31)25(4)5/h11-12H,6-10,13-14H2,1-5H3. The molecule has 32 heavy (non-hydrogen) atoms. The minimum absolute atomic E-state index is 0.0598. The van der Waals surface area contributed by atoms with Crippen molar-refractivity contribution in [1.29, 1.82) is 0 Å². The van der Waals surface area contributed by atoms with Crippen molar-refractivity contribution in [3.63, 3.8) is 0 Å². The lowest BCUT2D eigenvalue weighted by atomic mass is 9.94. The van der Waals surface area contributed by atoms with Crippen LogP contribution in [0.1, 0.15) is 52.1 Å². The summed E-state index contributed by atoms with van der Waals surface area (Å²) in [4.78, 5) is 52.8. The molecule has 0 unspecified atom stereocenters. The second kappa shape index (κ2) is 9.50. The maximum Gasteiger partial charge on any atom is 0.346 e. The fourth-order valence-corrected chi connectivity index (χ4v) is 4.19. The van der Waals surface area contributed by atoms with E-state index < -0.39 is 0 Å². The van der Waals surface area contributed by atoms with Gasteiger partial charge in [0.05, 0.1) is 6.54 Å². The first-order valence-electron chi connectivity index (χ1n) is 10.8. The van der Waals surface area contributed by atoms with Gasteiger partial charge in [-0.3, -0.25) is 19.0 Å². The third-order valence-corrected chi connectivity index (χ3v) is 5.81. The number of nitrogens with zero attached hydrogens (tertiary/aromatic N) is 5. The van der Waals surface area contributed by atoms with Gasteiger partial charge in [-0.05, 0) is 38.3 Å². The number of amides is 2. The zero-order chi connectivity index (χ0) is 23.6. The molecule has 0 radical (unpaired) electrons. The third-order valence-electron chi connectivity index (χ3n) is 5.81. The average Bonchev–Trinajstić information content (AvgIpc) is 3.01. The molecule has 1 aliphatic heterocycles. The summed E-state index contributed by atoms with van der Waals surface area (Å²) in [7, 11) is 3.24. The number of aryl methyl sites for hydroxylation is 3. The van der Waals surface area contributed by atoms with Crippen LogP contribution in [0.2, 0.25) is 0 Å². The van der Waals surface area contributed by atoms with E-state index in [0.29, 0.717) is 31.8 Å². The van der Waals surface area contributed by atoms with Crippen LogP contribution in [0.15, 0.2) is 16.9 Å². The molecule has 1 aromatic heterocycles. The summed E-state index contributed by atoms with van der Waals surface area (Å²) < 4.78 is 2.66. The minimum Gasteiger partial charge on any atom is -0.347 e. The molecule has 9 heteroatoms. The Morgan fingerprint density at radius 1 is 1.03 bits per heavy atom. The van der Waals surface area contributed by atoms with Crippen molar-refractivity contribution in [3.05, 3.63) is 50.7 Å². The molecule has 0 aliphatic carbocycles. The second-order valence-corrected chi connectivity index (χ2v) is 8.66. The van der Waals surface area contributed by atoms with Crippen LogP contribution in [0.25, 0.3) is 0 Å². The molecule has 9 nitrogen and oxygen atoms in total. The van der Waals surface area contributed by atoms with Gasteiger partial charge in [-0.2, -0.15) is 5.10 Å². The Morgan fingerprint density at radius 3 is 2.31 bits per heavy atom. The molecule has 0 N–H and O–H groups in total. The van der Waals surface area contributed by atoms with Gasteiger partial charge in [0.2, 0.25) is 11.8 Å². The highest BCUT2D eigenvalue weighted by Gasteiger charge is 2.25. The van der Waals surface area contributed by atoms with E-state index in [1.807, 2.05) is 32.9 Å². The van der Waals surface area contributed by atoms with E-state index in [1.165, 1.54) is 9.47 Å². The largest absolute Gasteiger partial charge is 0.347 e. The number of rotatable bonds is 7. The molecular weight excluding hydrogens is 410 g/mol. The number of carbonyl (C=O) groups is 3. The Morgan fingerprint density at radius 2 is 1.69 bits per heavy atom. The van der Waals surface area contributed by atoms with Crippen LogP contribution in [-0.4, -0.2) is 62.4 Å². The van der Waals surface area contributed by atoms with E-state index >= 15 is 0 Å². The molecular formula is C23H31N5O4. The van der Waals surface area contributed by atoms with Crippen LogP contribution >= 0.6 is 0 Å². The van der Waals surface area contributed by atoms with Gasteiger partial charge < -0.3 is 9.80 Å². The summed E-state index contributed by atoms with van der Waals surface area (Å²) in [6.07, 6.45) is 1.05. The normalized spacial score (nSPS) is 13.1. The topological polar surface area (TPSA) is 97.5 Å². The molecule has 1 aliphatic rings. The Balaban J connectivity index is 1.57. The lowest BCUT2D eigenvalue weighted by Crippen LogP contribution is -2.41. The van der Waals surface area contributed by atoms with Crippen LogP contribution in [0.5, 0.6) is 0 Å². The van der Waals surface area contributed by atoms with Crippen molar-refractivity contribution in [2.24, 2.45) is 0 Å². The summed E-state index contributed by atoms with van der Waals surface area (Å²) in [5, 5.41) is 4.25. The fourth-order valence-electron chi connectivity index (χ4n) is 4.19. The highest BCUT2D eigenvalue weighted by atomic mass is 16.2. The summed E-state index contributed by atoms with van der Waals surface area (Å²) in [6, 6.07) is 4.01. The average molecular weight is 442 g/mol. The second-order valence-electron chi connectivity index (χ2n) is 8.66. The molecule has 0 saturated heterocycles. The Kier molecular flexibility index (Phi) is 6.96. The number of Topliss-reactive ketones (excluding diaryl/α,β-unsaturated/α-hetero) is 1. The Bertz CT molecular complexity index is 1090. The summed E-state index contributed by atoms with van der Waals surface area (Å²) in [5.74, 6) is 0.250. The SMILES string of the molecule is Cc1cc(C)c(C(=O)CCCC(=O)N2CCn3c(nn(CC(=O)N(C)C)c3=O)C2)c(C)c1. The first kappa shape index (κ1) is 23.4. The number of benzene rings is 1. The summed E-state index contributed by atoms with van der Waals surface area (Å²) in [6.45, 7) is 6.74. The van der Waals surface area contributed by atoms with Crippen LogP contribution in [0.3, 0.4) is 0 Å². The van der Waals surface area contributed by atoms with Crippen LogP contribution < -0.4 is 5.69 Å². The monoisotopic (exact) mass is 441 g/mol. The first-order chi connectivity index (χ1) is 15.1. The first-order valence-corrected chi connectivity index (χ1v) is 10.8. The highest BCUT2D eigenvalue weighted by molar-refractivity contribution is 5.99. The van der Waals surface area contributed by atoms with E-state index in [1.54, 1.807) is 19.0 Å². The molecule has 0 saturated carbocycles. The molecule has 0 spiro atoms. The van der Waals surface area contributed by atoms with Crippen molar-refractivity contribution in [1.82, 2.24) is 24.1 Å². The van der Waals surface area contributed by atoms with Crippen molar-refractivity contribution in [2.75, 3.05) is 20.6 Å². The van der Waals surface area contributed by atoms with Crippen LogP contribution in [0.4, 0.5) is 0 Å². The molecule has 0 fully saturated rings. The van der Waals surface area contributed by atoms with Gasteiger partial charge in [0.25, 0.3) is 0 Å². The van der Waals surface area contributed by atoms with E-state index in [-0.39, 0.29) is 42.8 Å². The lowest BCUT2D eigenvalue weighted by Gasteiger charge is -2.26. The predicted molar refractivity (Wildman–Crippen MR) is 119 cm³/mol. The number of aromatic nitrogens is 3. The van der Waals surface area contributed by atoms with Crippen LogP contribution in [0, 0.1) is 20.8 Å². The molecule has 0 bridgehead atoms. The summed E-state index contributed by atoms with van der Waals surface area (Å²) in [5.41, 5.74) is 3.48. The fraction of sp³-hybridized carbons (Fsp3) is 0.522. The molecule has 1 aromatic carbocycles. The van der Waals surface area contributed by atoms with E-state index in [9.17, 15) is 19.2 Å². The number of ketones is 1. The Hall–Kier alpha value is -3.23. The van der Waals surface area contributed by atoms with Gasteiger partial charge in [-0.15, -0.1) is 0 Å². The van der Waals surface area contributed by atoms with Gasteiger partial charge in [0.1, 0.15) is 6.54 Å². The maximum absolute atomic E-state index is 12.7. The quantitative estimate of drug-likeness (QED) is 0.606. The highest BCUT2D eigenvalue weighted by Crippen LogP contribution is 2.19. The molecule has 2 heterocycles. The van der Waals surface area contributed by atoms with Gasteiger partial charge in [0, 0.05) is 45.6 Å². The molecule has 2 amide bonds. The van der Waals surface area contributed by atoms with E-state index in [0.717, 1.165) is 26.9 Å². The number of fused-ring (bicyclic) bond motifs is 1. The van der Waals surface area contributed by atoms with Gasteiger partial charge in [0.15, 0.2) is 11.6 Å². The van der Waals surface area contributed by atoms with Crippen LogP contribution in [-0.2, 0) is 29.2 Å². The van der Waals surface area contributed by atoms with Crippen molar-refractivity contribution < 1.29 is 14.4 Å². The number of likely N-dealkylation sites (N-methyl/N-ethyl adjacent to an activating group) is 1. The van der Waals surface area contributed by atoms with Crippen molar-refractivity contribution in [2.45, 2.75) is 59.7 Å². The van der Waals surface area contributed by atoms with Gasteiger partial charge in [-0.25, -0.2) is 9.48 Å². The smallest absolute Gasteiger partial charge is 0.346 e. The lowest BCUT2D eigenvalue weighted by molar-refractivity contribution is -0.133. The summed E-state index contributed by atoms with van der Waals surface area (Å²) >= 11 is 0. The predicted octanol–water partition coefficient (Wildman–Crippen LogP) is 1.45. The zero-order valence-electron chi connectivity index (χ0n) is 19.5.